The molecule has 1 saturated heterocycles. The first-order chi connectivity index (χ1) is 8.26. The van der Waals surface area contributed by atoms with Gasteiger partial charge in [-0.25, -0.2) is 0 Å². The van der Waals surface area contributed by atoms with Crippen LogP contribution in [0.5, 0.6) is 0 Å². The molecule has 0 radical (unpaired) electrons. The highest BCUT2D eigenvalue weighted by atomic mass is 35.5. The molecule has 17 heavy (non-hydrogen) atoms. The van der Waals surface area contributed by atoms with Crippen LogP contribution in [0.4, 0.5) is 5.69 Å². The maximum Gasteiger partial charge on any atom is 0.0410 e. The van der Waals surface area contributed by atoms with Crippen molar-refractivity contribution in [3.63, 3.8) is 0 Å². The van der Waals surface area contributed by atoms with E-state index in [0.717, 1.165) is 18.0 Å². The van der Waals surface area contributed by atoms with Crippen molar-refractivity contribution >= 4 is 17.3 Å². The van der Waals surface area contributed by atoms with E-state index in [9.17, 15) is 0 Å². The SMILES string of the molecule is CCC1CCCN1c1ccc(Cl)cc1CCN. The van der Waals surface area contributed by atoms with Gasteiger partial charge in [-0.05, 0) is 56.0 Å². The van der Waals surface area contributed by atoms with Gasteiger partial charge in [-0.2, -0.15) is 0 Å². The summed E-state index contributed by atoms with van der Waals surface area (Å²) in [5.74, 6) is 0. The maximum atomic E-state index is 6.07. The molecule has 0 amide bonds. The van der Waals surface area contributed by atoms with Crippen molar-refractivity contribution in [3.8, 4) is 0 Å². The van der Waals surface area contributed by atoms with E-state index in [-0.39, 0.29) is 0 Å². The van der Waals surface area contributed by atoms with E-state index < -0.39 is 0 Å². The molecule has 0 spiro atoms. The second-order valence-corrected chi connectivity index (χ2v) is 5.15. The van der Waals surface area contributed by atoms with Gasteiger partial charge in [0.25, 0.3) is 0 Å². The van der Waals surface area contributed by atoms with Crippen LogP contribution in [0.15, 0.2) is 18.2 Å². The smallest absolute Gasteiger partial charge is 0.0410 e. The average Bonchev–Trinajstić information content (AvgIpc) is 2.78. The molecule has 3 heteroatoms. The molecule has 1 atom stereocenters. The number of nitrogens with zero attached hydrogens (tertiary/aromatic N) is 1. The molecule has 94 valence electrons. The molecule has 2 rings (SSSR count). The van der Waals surface area contributed by atoms with Crippen LogP contribution in [0.25, 0.3) is 0 Å². The molecule has 2 N–H and O–H groups in total. The van der Waals surface area contributed by atoms with Crippen LogP contribution < -0.4 is 10.6 Å². The predicted molar refractivity (Wildman–Crippen MR) is 74.9 cm³/mol. The van der Waals surface area contributed by atoms with Gasteiger partial charge in [0.15, 0.2) is 0 Å². The predicted octanol–water partition coefficient (Wildman–Crippen LogP) is 3.22. The van der Waals surface area contributed by atoms with E-state index in [0.29, 0.717) is 12.6 Å². The largest absolute Gasteiger partial charge is 0.368 e. The Balaban J connectivity index is 2.30. The molecule has 0 bridgehead atoms. The number of anilines is 1. The van der Waals surface area contributed by atoms with Gasteiger partial charge in [0.2, 0.25) is 0 Å². The Kier molecular flexibility index (Phi) is 4.30. The lowest BCUT2D eigenvalue weighted by molar-refractivity contribution is 0.643. The highest BCUT2D eigenvalue weighted by molar-refractivity contribution is 6.30. The Morgan fingerprint density at radius 2 is 2.29 bits per heavy atom. The van der Waals surface area contributed by atoms with Crippen LogP contribution in [0, 0.1) is 0 Å². The third-order valence-electron chi connectivity index (χ3n) is 3.61. The third-order valence-corrected chi connectivity index (χ3v) is 3.85. The second-order valence-electron chi connectivity index (χ2n) is 4.71. The molecule has 0 saturated carbocycles. The van der Waals surface area contributed by atoms with E-state index >= 15 is 0 Å². The highest BCUT2D eigenvalue weighted by Crippen LogP contribution is 2.31. The summed E-state index contributed by atoms with van der Waals surface area (Å²) < 4.78 is 0. The Hall–Kier alpha value is -0.730. The number of halogens is 1. The fourth-order valence-corrected chi connectivity index (χ4v) is 2.96. The summed E-state index contributed by atoms with van der Waals surface area (Å²) in [5, 5.41) is 0.810. The molecular formula is C14H21ClN2. The Morgan fingerprint density at radius 1 is 1.47 bits per heavy atom. The van der Waals surface area contributed by atoms with E-state index in [1.165, 1.54) is 30.5 Å². The fourth-order valence-electron chi connectivity index (χ4n) is 2.77. The van der Waals surface area contributed by atoms with Gasteiger partial charge in [0, 0.05) is 23.3 Å². The summed E-state index contributed by atoms with van der Waals surface area (Å²) >= 11 is 6.07. The third kappa shape index (κ3) is 2.75. The van der Waals surface area contributed by atoms with Crippen molar-refractivity contribution in [1.82, 2.24) is 0 Å². The van der Waals surface area contributed by atoms with E-state index in [2.05, 4.69) is 24.0 Å². The first-order valence-corrected chi connectivity index (χ1v) is 6.89. The molecule has 1 aliphatic rings. The Morgan fingerprint density at radius 3 is 3.00 bits per heavy atom. The monoisotopic (exact) mass is 252 g/mol. The molecule has 1 aromatic rings. The number of rotatable bonds is 4. The zero-order chi connectivity index (χ0) is 12.3. The zero-order valence-electron chi connectivity index (χ0n) is 10.5. The van der Waals surface area contributed by atoms with Crippen LogP contribution in [0.2, 0.25) is 5.02 Å². The quantitative estimate of drug-likeness (QED) is 0.892. The van der Waals surface area contributed by atoms with E-state index in [1.54, 1.807) is 0 Å². The zero-order valence-corrected chi connectivity index (χ0v) is 11.2. The van der Waals surface area contributed by atoms with Crippen molar-refractivity contribution in [2.45, 2.75) is 38.6 Å². The van der Waals surface area contributed by atoms with Crippen LogP contribution >= 0.6 is 11.6 Å². The summed E-state index contributed by atoms with van der Waals surface area (Å²) in [5.41, 5.74) is 8.31. The van der Waals surface area contributed by atoms with Gasteiger partial charge in [0.1, 0.15) is 0 Å². The lowest BCUT2D eigenvalue weighted by Gasteiger charge is -2.28. The molecule has 1 fully saturated rings. The minimum atomic E-state index is 0.679. The van der Waals surface area contributed by atoms with Crippen LogP contribution in [0.1, 0.15) is 31.7 Å². The van der Waals surface area contributed by atoms with Crippen LogP contribution in [-0.2, 0) is 6.42 Å². The summed E-state index contributed by atoms with van der Waals surface area (Å²) in [6.45, 7) is 4.11. The molecule has 0 aromatic heterocycles. The minimum absolute atomic E-state index is 0.679. The summed E-state index contributed by atoms with van der Waals surface area (Å²) in [6, 6.07) is 6.89. The van der Waals surface area contributed by atoms with Crippen molar-refractivity contribution in [2.75, 3.05) is 18.0 Å². The van der Waals surface area contributed by atoms with Gasteiger partial charge in [-0.15, -0.1) is 0 Å². The summed E-state index contributed by atoms with van der Waals surface area (Å²) in [6.07, 6.45) is 4.72. The number of benzene rings is 1. The number of hydrogen-bond donors (Lipinski definition) is 1. The van der Waals surface area contributed by atoms with Gasteiger partial charge in [-0.3, -0.25) is 0 Å². The Bertz CT molecular complexity index is 378. The summed E-state index contributed by atoms with van der Waals surface area (Å²) in [4.78, 5) is 2.53. The van der Waals surface area contributed by atoms with Gasteiger partial charge in [0.05, 0.1) is 0 Å². The number of hydrogen-bond acceptors (Lipinski definition) is 2. The average molecular weight is 253 g/mol. The van der Waals surface area contributed by atoms with Gasteiger partial charge >= 0.3 is 0 Å². The van der Waals surface area contributed by atoms with E-state index in [1.807, 2.05) is 6.07 Å². The lowest BCUT2D eigenvalue weighted by Crippen LogP contribution is -2.29. The van der Waals surface area contributed by atoms with Crippen molar-refractivity contribution in [3.05, 3.63) is 28.8 Å². The van der Waals surface area contributed by atoms with Crippen LogP contribution in [0.3, 0.4) is 0 Å². The summed E-state index contributed by atoms with van der Waals surface area (Å²) in [7, 11) is 0. The first-order valence-electron chi connectivity index (χ1n) is 6.51. The molecule has 0 aliphatic carbocycles. The van der Waals surface area contributed by atoms with E-state index in [4.69, 9.17) is 17.3 Å². The van der Waals surface area contributed by atoms with Crippen molar-refractivity contribution in [2.24, 2.45) is 5.73 Å². The fraction of sp³-hybridized carbons (Fsp3) is 0.571. The molecule has 1 aromatic carbocycles. The minimum Gasteiger partial charge on any atom is -0.368 e. The topological polar surface area (TPSA) is 29.3 Å². The maximum absolute atomic E-state index is 6.07. The molecule has 2 nitrogen and oxygen atoms in total. The second kappa shape index (κ2) is 5.74. The molecule has 1 unspecified atom stereocenters. The number of nitrogens with two attached hydrogens (primary N) is 1. The molecular weight excluding hydrogens is 232 g/mol. The molecule has 1 aliphatic heterocycles. The van der Waals surface area contributed by atoms with Crippen molar-refractivity contribution < 1.29 is 0 Å². The Labute approximate surface area is 109 Å². The standard InChI is InChI=1S/C14H21ClN2/c1-2-13-4-3-9-17(13)14-6-5-12(15)10-11(14)7-8-16/h5-6,10,13H,2-4,7-9,16H2,1H3. The van der Waals surface area contributed by atoms with Gasteiger partial charge in [-0.1, -0.05) is 18.5 Å². The van der Waals surface area contributed by atoms with Crippen LogP contribution in [-0.4, -0.2) is 19.1 Å². The highest BCUT2D eigenvalue weighted by Gasteiger charge is 2.24. The lowest BCUT2D eigenvalue weighted by atomic mass is 10.1. The normalized spacial score (nSPS) is 19.9. The molecule has 1 heterocycles. The first kappa shape index (κ1) is 12.7. The van der Waals surface area contributed by atoms with Gasteiger partial charge < -0.3 is 10.6 Å². The van der Waals surface area contributed by atoms with Crippen molar-refractivity contribution in [1.29, 1.82) is 0 Å².